The molecule has 2 atom stereocenters. The highest BCUT2D eigenvalue weighted by Gasteiger charge is 2.46. The third kappa shape index (κ3) is 2.80. The van der Waals surface area contributed by atoms with Gasteiger partial charge in [-0.15, -0.1) is 0 Å². The lowest BCUT2D eigenvalue weighted by Gasteiger charge is -2.36. The molecule has 28 heavy (non-hydrogen) atoms. The Bertz CT molecular complexity index is 965. The second-order valence-corrected chi connectivity index (χ2v) is 9.61. The SMILES string of the molecule is CCSc1nc(N2C[C@H]3C[C@@H]2CN3B(C)O)c2c3c(c(Br)c(F)c2n1)COC3. The van der Waals surface area contributed by atoms with Gasteiger partial charge in [-0.25, -0.2) is 14.4 Å². The average molecular weight is 467 g/mol. The van der Waals surface area contributed by atoms with Gasteiger partial charge in [-0.1, -0.05) is 18.7 Å². The molecule has 2 bridgehead atoms. The minimum Gasteiger partial charge on any atom is -0.437 e. The van der Waals surface area contributed by atoms with Crippen LogP contribution in [0.4, 0.5) is 10.2 Å². The van der Waals surface area contributed by atoms with Crippen LogP contribution in [0, 0.1) is 5.82 Å². The first-order valence-electron chi connectivity index (χ1n) is 9.61. The van der Waals surface area contributed by atoms with E-state index < -0.39 is 7.05 Å². The molecule has 5 rings (SSSR count). The van der Waals surface area contributed by atoms with E-state index in [1.807, 2.05) is 13.7 Å². The van der Waals surface area contributed by atoms with Crippen molar-refractivity contribution in [1.82, 2.24) is 14.8 Å². The summed E-state index contributed by atoms with van der Waals surface area (Å²) in [4.78, 5) is 13.8. The molecule has 4 heterocycles. The Kier molecular flexibility index (Phi) is 4.82. The van der Waals surface area contributed by atoms with Crippen molar-refractivity contribution in [2.24, 2.45) is 0 Å². The highest BCUT2D eigenvalue weighted by atomic mass is 79.9. The zero-order valence-electron chi connectivity index (χ0n) is 15.8. The Hall–Kier alpha value is -0.935. The third-order valence-corrected chi connectivity index (χ3v) is 7.56. The molecule has 2 aromatic rings. The Morgan fingerprint density at radius 3 is 2.75 bits per heavy atom. The van der Waals surface area contributed by atoms with Gasteiger partial charge >= 0.3 is 7.05 Å². The van der Waals surface area contributed by atoms with Crippen molar-refractivity contribution in [3.63, 3.8) is 0 Å². The minimum atomic E-state index is -0.448. The van der Waals surface area contributed by atoms with Gasteiger partial charge in [0.15, 0.2) is 11.0 Å². The summed E-state index contributed by atoms with van der Waals surface area (Å²) in [5, 5.41) is 11.4. The Morgan fingerprint density at radius 1 is 1.29 bits per heavy atom. The first kappa shape index (κ1) is 19.1. The number of hydrogen-bond acceptors (Lipinski definition) is 7. The van der Waals surface area contributed by atoms with E-state index in [2.05, 4.69) is 30.6 Å². The van der Waals surface area contributed by atoms with E-state index in [9.17, 15) is 5.02 Å². The molecule has 0 unspecified atom stereocenters. The smallest absolute Gasteiger partial charge is 0.376 e. The largest absolute Gasteiger partial charge is 0.437 e. The van der Waals surface area contributed by atoms with Crippen LogP contribution in [-0.2, 0) is 18.0 Å². The molecule has 1 N–H and O–H groups in total. The molecule has 1 aromatic carbocycles. The summed E-state index contributed by atoms with van der Waals surface area (Å²) in [7, 11) is -0.448. The summed E-state index contributed by atoms with van der Waals surface area (Å²) >= 11 is 4.93. The summed E-state index contributed by atoms with van der Waals surface area (Å²) < 4.78 is 21.3. The summed E-state index contributed by atoms with van der Waals surface area (Å²) in [6.45, 7) is 6.28. The number of nitrogens with zero attached hydrogens (tertiary/aromatic N) is 4. The van der Waals surface area contributed by atoms with Crippen molar-refractivity contribution >= 4 is 51.5 Å². The molecule has 3 aliphatic heterocycles. The highest BCUT2D eigenvalue weighted by molar-refractivity contribution is 9.10. The zero-order valence-corrected chi connectivity index (χ0v) is 18.2. The zero-order chi connectivity index (χ0) is 19.6. The molecule has 148 valence electrons. The fraction of sp³-hybridized carbons (Fsp3) is 0.556. The molecule has 2 saturated heterocycles. The standard InChI is InChI=1S/C18H21BBrFN4O2S/c1-3-28-18-22-16-13(11-7-27-8-12(11)14(20)15(16)21)17(23-18)24-5-10-4-9(24)6-25(10)19(2)26/h9-10,26H,3-8H2,1-2H3/t9-,10-/m1/s1. The van der Waals surface area contributed by atoms with Gasteiger partial charge < -0.3 is 19.5 Å². The summed E-state index contributed by atoms with van der Waals surface area (Å²) in [5.74, 6) is 1.30. The van der Waals surface area contributed by atoms with Crippen LogP contribution in [0.2, 0.25) is 6.82 Å². The molecule has 0 saturated carbocycles. The van der Waals surface area contributed by atoms with Gasteiger partial charge in [0.05, 0.1) is 23.1 Å². The number of anilines is 1. The van der Waals surface area contributed by atoms with Gasteiger partial charge in [-0.2, -0.15) is 0 Å². The van der Waals surface area contributed by atoms with E-state index in [0.717, 1.165) is 47.6 Å². The number of halogens is 2. The lowest BCUT2D eigenvalue weighted by Crippen LogP contribution is -2.51. The van der Waals surface area contributed by atoms with Crippen molar-refractivity contribution in [2.75, 3.05) is 23.7 Å². The van der Waals surface area contributed by atoms with Crippen LogP contribution in [0.25, 0.3) is 10.9 Å². The normalized spacial score (nSPS) is 23.8. The fourth-order valence-electron chi connectivity index (χ4n) is 4.77. The quantitative estimate of drug-likeness (QED) is 0.422. The summed E-state index contributed by atoms with van der Waals surface area (Å²) in [5.41, 5.74) is 2.22. The van der Waals surface area contributed by atoms with Crippen molar-refractivity contribution in [1.29, 1.82) is 0 Å². The van der Waals surface area contributed by atoms with E-state index in [1.54, 1.807) is 0 Å². The van der Waals surface area contributed by atoms with Gasteiger partial charge in [-0.05, 0) is 40.5 Å². The van der Waals surface area contributed by atoms with Crippen molar-refractivity contribution < 1.29 is 14.2 Å². The molecule has 0 spiro atoms. The molecule has 0 radical (unpaired) electrons. The maximum absolute atomic E-state index is 15.2. The Morgan fingerprint density at radius 2 is 2.07 bits per heavy atom. The Labute approximate surface area is 176 Å². The Balaban J connectivity index is 1.68. The number of hydrogen-bond donors (Lipinski definition) is 1. The molecule has 10 heteroatoms. The van der Waals surface area contributed by atoms with E-state index in [-0.39, 0.29) is 11.9 Å². The van der Waals surface area contributed by atoms with Gasteiger partial charge in [0.1, 0.15) is 11.3 Å². The van der Waals surface area contributed by atoms with Crippen LogP contribution in [0.15, 0.2) is 9.63 Å². The fourth-order valence-corrected chi connectivity index (χ4v) is 5.87. The summed E-state index contributed by atoms with van der Waals surface area (Å²) in [6.07, 6.45) is 0.990. The lowest BCUT2D eigenvalue weighted by atomic mass is 9.84. The maximum atomic E-state index is 15.2. The molecular formula is C18H21BBrFN4O2S. The second-order valence-electron chi connectivity index (χ2n) is 7.59. The van der Waals surface area contributed by atoms with Crippen molar-refractivity contribution in [3.05, 3.63) is 21.4 Å². The van der Waals surface area contributed by atoms with Crippen LogP contribution >= 0.6 is 27.7 Å². The first-order valence-corrected chi connectivity index (χ1v) is 11.4. The van der Waals surface area contributed by atoms with E-state index in [4.69, 9.17) is 9.72 Å². The molecule has 6 nitrogen and oxygen atoms in total. The van der Waals surface area contributed by atoms with Crippen LogP contribution in [0.5, 0.6) is 0 Å². The van der Waals surface area contributed by atoms with Crippen LogP contribution < -0.4 is 4.90 Å². The first-order chi connectivity index (χ1) is 13.5. The maximum Gasteiger partial charge on any atom is 0.376 e. The van der Waals surface area contributed by atoms with Crippen LogP contribution in [-0.4, -0.2) is 57.8 Å². The predicted octanol–water partition coefficient (Wildman–Crippen LogP) is 3.05. The molecule has 0 amide bonds. The number of ether oxygens (including phenoxy) is 1. The number of fused-ring (bicyclic) bond motifs is 5. The third-order valence-electron chi connectivity index (χ3n) is 6.00. The summed E-state index contributed by atoms with van der Waals surface area (Å²) in [6, 6.07) is 0.559. The van der Waals surface area contributed by atoms with Crippen LogP contribution in [0.3, 0.4) is 0 Å². The van der Waals surface area contributed by atoms with E-state index in [1.165, 1.54) is 11.8 Å². The van der Waals surface area contributed by atoms with Crippen molar-refractivity contribution in [3.8, 4) is 0 Å². The van der Waals surface area contributed by atoms with Crippen LogP contribution in [0.1, 0.15) is 24.5 Å². The van der Waals surface area contributed by atoms with Gasteiger partial charge in [-0.3, -0.25) is 0 Å². The van der Waals surface area contributed by atoms with Gasteiger partial charge in [0, 0.05) is 30.7 Å². The molecule has 0 aliphatic carbocycles. The predicted molar refractivity (Wildman–Crippen MR) is 112 cm³/mol. The molecule has 3 aliphatic rings. The average Bonchev–Trinajstić information content (AvgIpc) is 3.40. The number of thioether (sulfide) groups is 1. The lowest BCUT2D eigenvalue weighted by molar-refractivity contribution is 0.134. The second kappa shape index (κ2) is 7.09. The van der Waals surface area contributed by atoms with Gasteiger partial charge in [0.2, 0.25) is 0 Å². The van der Waals surface area contributed by atoms with Gasteiger partial charge in [0.25, 0.3) is 0 Å². The van der Waals surface area contributed by atoms with Crippen molar-refractivity contribution in [2.45, 2.75) is 50.6 Å². The minimum absolute atomic E-state index is 0.266. The number of piperazine rings is 1. The highest BCUT2D eigenvalue weighted by Crippen LogP contribution is 2.43. The monoisotopic (exact) mass is 466 g/mol. The molecule has 1 aromatic heterocycles. The molecule has 2 fully saturated rings. The number of aromatic nitrogens is 2. The number of rotatable bonds is 4. The van der Waals surface area contributed by atoms with E-state index in [0.29, 0.717) is 34.4 Å². The molecular weight excluding hydrogens is 446 g/mol. The number of benzene rings is 1. The van der Waals surface area contributed by atoms with E-state index >= 15 is 4.39 Å². The topological polar surface area (TPSA) is 61.7 Å².